The summed E-state index contributed by atoms with van der Waals surface area (Å²) in [6.07, 6.45) is 0. The Labute approximate surface area is 80.7 Å². The SMILES string of the molecule is Cc1ccc(C2=NC(=O)C(=O)N2)cc1. The van der Waals surface area contributed by atoms with Crippen molar-refractivity contribution in [2.45, 2.75) is 6.92 Å². The van der Waals surface area contributed by atoms with Gasteiger partial charge in [0.05, 0.1) is 0 Å². The molecular weight excluding hydrogens is 180 g/mol. The quantitative estimate of drug-likeness (QED) is 0.648. The van der Waals surface area contributed by atoms with Gasteiger partial charge >= 0.3 is 11.8 Å². The van der Waals surface area contributed by atoms with Crippen molar-refractivity contribution >= 4 is 17.6 Å². The monoisotopic (exact) mass is 188 g/mol. The number of nitrogens with one attached hydrogen (secondary N) is 1. The Morgan fingerprint density at radius 1 is 1.14 bits per heavy atom. The van der Waals surface area contributed by atoms with E-state index in [1.807, 2.05) is 31.2 Å². The zero-order valence-corrected chi connectivity index (χ0v) is 7.57. The van der Waals surface area contributed by atoms with Crippen molar-refractivity contribution in [1.82, 2.24) is 5.32 Å². The zero-order valence-electron chi connectivity index (χ0n) is 7.57. The fourth-order valence-electron chi connectivity index (χ4n) is 1.19. The zero-order chi connectivity index (χ0) is 10.1. The molecule has 0 aliphatic carbocycles. The van der Waals surface area contributed by atoms with Gasteiger partial charge in [-0.1, -0.05) is 29.8 Å². The van der Waals surface area contributed by atoms with E-state index in [9.17, 15) is 9.59 Å². The second-order valence-corrected chi connectivity index (χ2v) is 3.09. The largest absolute Gasteiger partial charge is 0.337 e. The molecule has 2 amide bonds. The first kappa shape index (κ1) is 8.62. The van der Waals surface area contributed by atoms with E-state index in [4.69, 9.17) is 0 Å². The van der Waals surface area contributed by atoms with Crippen LogP contribution in [0.3, 0.4) is 0 Å². The number of aryl methyl sites for hydroxylation is 1. The van der Waals surface area contributed by atoms with Gasteiger partial charge in [-0.2, -0.15) is 4.99 Å². The summed E-state index contributed by atoms with van der Waals surface area (Å²) in [5, 5.41) is 2.40. The van der Waals surface area contributed by atoms with Gasteiger partial charge in [0.2, 0.25) is 0 Å². The summed E-state index contributed by atoms with van der Waals surface area (Å²) < 4.78 is 0. The fraction of sp³-hybridized carbons (Fsp3) is 0.100. The van der Waals surface area contributed by atoms with Crippen LogP contribution in [0.4, 0.5) is 0 Å². The summed E-state index contributed by atoms with van der Waals surface area (Å²) in [7, 11) is 0. The van der Waals surface area contributed by atoms with Gasteiger partial charge in [-0.3, -0.25) is 9.59 Å². The van der Waals surface area contributed by atoms with Crippen LogP contribution >= 0.6 is 0 Å². The van der Waals surface area contributed by atoms with Crippen molar-refractivity contribution in [3.05, 3.63) is 35.4 Å². The van der Waals surface area contributed by atoms with Crippen LogP contribution in [0.1, 0.15) is 11.1 Å². The van der Waals surface area contributed by atoms with E-state index in [0.29, 0.717) is 5.84 Å². The molecule has 0 saturated heterocycles. The Balaban J connectivity index is 2.34. The third-order valence-electron chi connectivity index (χ3n) is 1.96. The normalized spacial score (nSPS) is 15.4. The maximum absolute atomic E-state index is 10.8. The molecule has 0 saturated carbocycles. The van der Waals surface area contributed by atoms with Crippen molar-refractivity contribution in [2.24, 2.45) is 4.99 Å². The van der Waals surface area contributed by atoms with Crippen LogP contribution in [0.25, 0.3) is 0 Å². The molecule has 4 nitrogen and oxygen atoms in total. The second kappa shape index (κ2) is 3.06. The van der Waals surface area contributed by atoms with Gasteiger partial charge in [0.15, 0.2) is 0 Å². The number of rotatable bonds is 1. The molecule has 1 aromatic rings. The van der Waals surface area contributed by atoms with E-state index >= 15 is 0 Å². The number of nitrogens with zero attached hydrogens (tertiary/aromatic N) is 1. The van der Waals surface area contributed by atoms with Crippen molar-refractivity contribution in [1.29, 1.82) is 0 Å². The number of amidine groups is 1. The summed E-state index contributed by atoms with van der Waals surface area (Å²) >= 11 is 0. The smallest absolute Gasteiger partial charge is 0.302 e. The van der Waals surface area contributed by atoms with Crippen LogP contribution < -0.4 is 5.32 Å². The Morgan fingerprint density at radius 3 is 2.29 bits per heavy atom. The van der Waals surface area contributed by atoms with Gasteiger partial charge in [0.1, 0.15) is 5.84 Å². The van der Waals surface area contributed by atoms with Crippen LogP contribution in [-0.2, 0) is 9.59 Å². The van der Waals surface area contributed by atoms with Crippen molar-refractivity contribution in [2.75, 3.05) is 0 Å². The molecule has 4 heteroatoms. The molecule has 1 aliphatic rings. The molecule has 1 aromatic carbocycles. The van der Waals surface area contributed by atoms with Crippen molar-refractivity contribution in [3.8, 4) is 0 Å². The molecule has 0 aromatic heterocycles. The molecule has 14 heavy (non-hydrogen) atoms. The molecule has 2 rings (SSSR count). The molecule has 0 bridgehead atoms. The first-order valence-corrected chi connectivity index (χ1v) is 4.18. The summed E-state index contributed by atoms with van der Waals surface area (Å²) in [6.45, 7) is 1.96. The molecular formula is C10H8N2O2. The van der Waals surface area contributed by atoms with Gasteiger partial charge in [-0.05, 0) is 6.92 Å². The van der Waals surface area contributed by atoms with Crippen LogP contribution in [0.15, 0.2) is 29.3 Å². The summed E-state index contributed by atoms with van der Waals surface area (Å²) in [4.78, 5) is 25.3. The van der Waals surface area contributed by atoms with Crippen LogP contribution in [0.2, 0.25) is 0 Å². The Hall–Kier alpha value is -1.97. The average molecular weight is 188 g/mol. The van der Waals surface area contributed by atoms with Crippen LogP contribution in [0, 0.1) is 6.92 Å². The lowest BCUT2D eigenvalue weighted by Crippen LogP contribution is -2.26. The Morgan fingerprint density at radius 2 is 1.79 bits per heavy atom. The lowest BCUT2D eigenvalue weighted by Gasteiger charge is -1.99. The summed E-state index contributed by atoms with van der Waals surface area (Å²) in [5.41, 5.74) is 1.86. The highest BCUT2D eigenvalue weighted by atomic mass is 16.2. The topological polar surface area (TPSA) is 58.5 Å². The third kappa shape index (κ3) is 1.42. The maximum Gasteiger partial charge on any atom is 0.337 e. The van der Waals surface area contributed by atoms with Gasteiger partial charge in [0, 0.05) is 5.56 Å². The molecule has 0 unspecified atom stereocenters. The molecule has 1 aliphatic heterocycles. The van der Waals surface area contributed by atoms with Crippen molar-refractivity contribution < 1.29 is 9.59 Å². The van der Waals surface area contributed by atoms with Gasteiger partial charge in [-0.15, -0.1) is 0 Å². The standard InChI is InChI=1S/C10H8N2O2/c1-6-2-4-7(5-3-6)8-11-9(13)10(14)12-8/h2-5H,1H3,(H,11,12,13,14). The minimum atomic E-state index is -0.736. The van der Waals surface area contributed by atoms with E-state index < -0.39 is 11.8 Å². The van der Waals surface area contributed by atoms with Crippen LogP contribution in [0.5, 0.6) is 0 Å². The highest BCUT2D eigenvalue weighted by molar-refractivity contribution is 6.45. The second-order valence-electron chi connectivity index (χ2n) is 3.09. The molecule has 0 fully saturated rings. The number of carbonyl (C=O) groups excluding carboxylic acids is 2. The van der Waals surface area contributed by atoms with Gasteiger partial charge in [-0.25, -0.2) is 0 Å². The predicted molar refractivity (Wildman–Crippen MR) is 50.9 cm³/mol. The average Bonchev–Trinajstić information content (AvgIpc) is 2.48. The number of aliphatic imine (C=N–C) groups is 1. The lowest BCUT2D eigenvalue weighted by atomic mass is 10.1. The number of amides is 2. The minimum absolute atomic E-state index is 0.333. The summed E-state index contributed by atoms with van der Waals surface area (Å²) in [6, 6.07) is 7.42. The Bertz CT molecular complexity index is 432. The first-order chi connectivity index (χ1) is 6.66. The third-order valence-corrected chi connectivity index (χ3v) is 1.96. The van der Waals surface area contributed by atoms with Crippen molar-refractivity contribution in [3.63, 3.8) is 0 Å². The predicted octanol–water partition coefficient (Wildman–Crippen LogP) is 0.398. The molecule has 1 heterocycles. The van der Waals surface area contributed by atoms with E-state index in [0.717, 1.165) is 11.1 Å². The molecule has 0 spiro atoms. The minimum Gasteiger partial charge on any atom is -0.302 e. The molecule has 0 atom stereocenters. The molecule has 0 radical (unpaired) electrons. The molecule has 70 valence electrons. The number of carbonyl (C=O) groups is 2. The van der Waals surface area contributed by atoms with E-state index in [2.05, 4.69) is 10.3 Å². The maximum atomic E-state index is 10.8. The Kier molecular flexibility index (Phi) is 1.89. The fourth-order valence-corrected chi connectivity index (χ4v) is 1.19. The number of hydrogen-bond donors (Lipinski definition) is 1. The summed E-state index contributed by atoms with van der Waals surface area (Å²) in [5.74, 6) is -1.07. The number of benzene rings is 1. The lowest BCUT2D eigenvalue weighted by molar-refractivity contribution is -0.135. The molecule has 1 N–H and O–H groups in total. The van der Waals surface area contributed by atoms with Gasteiger partial charge in [0.25, 0.3) is 0 Å². The first-order valence-electron chi connectivity index (χ1n) is 4.18. The van der Waals surface area contributed by atoms with E-state index in [-0.39, 0.29) is 0 Å². The van der Waals surface area contributed by atoms with Crippen LogP contribution in [-0.4, -0.2) is 17.6 Å². The number of hydrogen-bond acceptors (Lipinski definition) is 2. The van der Waals surface area contributed by atoms with E-state index in [1.54, 1.807) is 0 Å². The highest BCUT2D eigenvalue weighted by Gasteiger charge is 2.23. The van der Waals surface area contributed by atoms with E-state index in [1.165, 1.54) is 0 Å². The highest BCUT2D eigenvalue weighted by Crippen LogP contribution is 2.06. The van der Waals surface area contributed by atoms with Gasteiger partial charge < -0.3 is 5.32 Å².